The Bertz CT molecular complexity index is 1170. The molecule has 2 aromatic carbocycles. The minimum Gasteiger partial charge on any atom is -0.459 e. The van der Waals surface area contributed by atoms with E-state index in [-0.39, 0.29) is 33.0 Å². The van der Waals surface area contributed by atoms with Gasteiger partial charge in [0.05, 0.1) is 24.2 Å². The fraction of sp³-hybridized carbons (Fsp3) is 0.292. The molecular weight excluding hydrogens is 455 g/mol. The first kappa shape index (κ1) is 24.6. The van der Waals surface area contributed by atoms with Crippen LogP contribution in [0.2, 0.25) is 0 Å². The zero-order chi connectivity index (χ0) is 24.1. The lowest BCUT2D eigenvalue weighted by molar-refractivity contribution is -0.135. The Morgan fingerprint density at radius 3 is 2.36 bits per heavy atom. The van der Waals surface area contributed by atoms with E-state index in [1.807, 2.05) is 0 Å². The van der Waals surface area contributed by atoms with E-state index in [9.17, 15) is 22.8 Å². The molecule has 0 fully saturated rings. The molecule has 0 amide bonds. The molecule has 0 radical (unpaired) electrons. The summed E-state index contributed by atoms with van der Waals surface area (Å²) in [6.07, 6.45) is -0.524. The number of thioether (sulfide) groups is 1. The molecule has 3 rings (SSSR count). The highest BCUT2D eigenvalue weighted by Gasteiger charge is 2.29. The van der Waals surface area contributed by atoms with Gasteiger partial charge in [-0.2, -0.15) is 0 Å². The Balaban J connectivity index is 2.20. The number of hydrogen-bond acceptors (Lipinski definition) is 6. The van der Waals surface area contributed by atoms with Crippen molar-refractivity contribution in [3.63, 3.8) is 0 Å². The Morgan fingerprint density at radius 2 is 1.73 bits per heavy atom. The number of ether oxygens (including phenoxy) is 2. The van der Waals surface area contributed by atoms with Gasteiger partial charge in [-0.15, -0.1) is 11.8 Å². The third kappa shape index (κ3) is 5.65. The molecule has 1 heterocycles. The molecule has 0 aliphatic rings. The van der Waals surface area contributed by atoms with Crippen LogP contribution in [0.3, 0.4) is 0 Å². The van der Waals surface area contributed by atoms with E-state index >= 15 is 0 Å². The summed E-state index contributed by atoms with van der Waals surface area (Å²) in [4.78, 5) is 30.2. The zero-order valence-corrected chi connectivity index (χ0v) is 19.0. The molecule has 0 N–H and O–H groups in total. The number of hydrogen-bond donors (Lipinski definition) is 0. The molecule has 0 saturated carbocycles. The maximum atomic E-state index is 14.1. The lowest BCUT2D eigenvalue weighted by atomic mass is 10.0. The molecule has 1 aromatic heterocycles. The van der Waals surface area contributed by atoms with Crippen molar-refractivity contribution in [1.29, 1.82) is 0 Å². The Morgan fingerprint density at radius 1 is 1.06 bits per heavy atom. The van der Waals surface area contributed by atoms with Gasteiger partial charge in [0.1, 0.15) is 10.6 Å². The molecule has 0 saturated heterocycles. The van der Waals surface area contributed by atoms with Crippen molar-refractivity contribution in [3.8, 4) is 5.75 Å². The maximum Gasteiger partial charge on any atom is 0.345 e. The molecule has 0 aliphatic heterocycles. The molecule has 5 nitrogen and oxygen atoms in total. The summed E-state index contributed by atoms with van der Waals surface area (Å²) >= 11 is 0.879. The predicted molar refractivity (Wildman–Crippen MR) is 119 cm³/mol. The van der Waals surface area contributed by atoms with Crippen molar-refractivity contribution in [3.05, 3.63) is 65.2 Å². The van der Waals surface area contributed by atoms with Gasteiger partial charge in [0.25, 0.3) is 0 Å². The van der Waals surface area contributed by atoms with Crippen LogP contribution in [0.1, 0.15) is 42.6 Å². The molecular formula is C24H22F3NO4S. The first-order chi connectivity index (χ1) is 15.7. The smallest absolute Gasteiger partial charge is 0.345 e. The van der Waals surface area contributed by atoms with Gasteiger partial charge in [-0.3, -0.25) is 9.18 Å². The van der Waals surface area contributed by atoms with Gasteiger partial charge in [0, 0.05) is 17.2 Å². The first-order valence-corrected chi connectivity index (χ1v) is 11.2. The van der Waals surface area contributed by atoms with Crippen LogP contribution in [-0.2, 0) is 9.53 Å². The van der Waals surface area contributed by atoms with E-state index in [2.05, 4.69) is 4.98 Å². The number of rotatable bonds is 8. The molecule has 0 bridgehead atoms. The molecule has 33 heavy (non-hydrogen) atoms. The van der Waals surface area contributed by atoms with Crippen LogP contribution in [0.4, 0.5) is 13.2 Å². The largest absolute Gasteiger partial charge is 0.459 e. The highest BCUT2D eigenvalue weighted by atomic mass is 32.2. The number of carbonyl (C=O) groups excluding carboxylic acids is 2. The molecule has 0 unspecified atom stereocenters. The van der Waals surface area contributed by atoms with Gasteiger partial charge >= 0.3 is 11.9 Å². The molecule has 0 spiro atoms. The molecule has 3 aromatic rings. The quantitative estimate of drug-likeness (QED) is 0.300. The minimum absolute atomic E-state index is 0.00743. The summed E-state index contributed by atoms with van der Waals surface area (Å²) < 4.78 is 51.8. The summed E-state index contributed by atoms with van der Waals surface area (Å²) in [6.45, 7) is 4.14. The standard InChI is InChI=1S/C24H22F3NO4S/c1-13(2)31-24(30)20-21(32-23(29)14(3)15-7-5-4-6-8-15)16-11-17(26)18(27)12-19(16)28-22(20)33-10-9-25/h4-8,11-14H,9-10H2,1-3H3/t14-/m1/s1. The van der Waals surface area contributed by atoms with Gasteiger partial charge in [-0.1, -0.05) is 30.3 Å². The summed E-state index contributed by atoms with van der Waals surface area (Å²) in [7, 11) is 0. The van der Waals surface area contributed by atoms with Crippen LogP contribution < -0.4 is 4.74 Å². The van der Waals surface area contributed by atoms with Crippen molar-refractivity contribution in [2.24, 2.45) is 0 Å². The molecule has 9 heteroatoms. The number of aromatic nitrogens is 1. The summed E-state index contributed by atoms with van der Waals surface area (Å²) in [5, 5.41) is -0.0882. The average Bonchev–Trinajstić information content (AvgIpc) is 2.78. The highest BCUT2D eigenvalue weighted by Crippen LogP contribution is 2.38. The predicted octanol–water partition coefficient (Wildman–Crippen LogP) is 5.85. The van der Waals surface area contributed by atoms with Crippen LogP contribution in [-0.4, -0.2) is 35.5 Å². The fourth-order valence-electron chi connectivity index (χ4n) is 3.07. The third-order valence-electron chi connectivity index (χ3n) is 4.66. The Labute approximate surface area is 193 Å². The van der Waals surface area contributed by atoms with Crippen molar-refractivity contribution in [2.75, 3.05) is 12.4 Å². The number of halogens is 3. The van der Waals surface area contributed by atoms with Gasteiger partial charge in [-0.05, 0) is 32.4 Å². The van der Waals surface area contributed by atoms with Crippen LogP contribution in [0.25, 0.3) is 10.9 Å². The summed E-state index contributed by atoms with van der Waals surface area (Å²) in [6, 6.07) is 10.4. The summed E-state index contributed by atoms with van der Waals surface area (Å²) in [5.41, 5.74) is 0.372. The second-order valence-corrected chi connectivity index (χ2v) is 8.53. The molecule has 0 aliphatic carbocycles. The average molecular weight is 478 g/mol. The second-order valence-electron chi connectivity index (χ2n) is 7.45. The molecule has 174 valence electrons. The van der Waals surface area contributed by atoms with Crippen LogP contribution in [0.5, 0.6) is 5.75 Å². The fourth-order valence-corrected chi connectivity index (χ4v) is 3.83. The van der Waals surface area contributed by atoms with E-state index in [4.69, 9.17) is 9.47 Å². The minimum atomic E-state index is -1.20. The van der Waals surface area contributed by atoms with Gasteiger partial charge in [0.2, 0.25) is 0 Å². The number of benzene rings is 2. The Kier molecular flexibility index (Phi) is 7.97. The maximum absolute atomic E-state index is 14.1. The highest BCUT2D eigenvalue weighted by molar-refractivity contribution is 7.99. The van der Waals surface area contributed by atoms with Crippen molar-refractivity contribution in [1.82, 2.24) is 4.98 Å². The van der Waals surface area contributed by atoms with Crippen molar-refractivity contribution in [2.45, 2.75) is 37.8 Å². The van der Waals surface area contributed by atoms with Crippen LogP contribution in [0.15, 0.2) is 47.5 Å². The number of pyridine rings is 1. The number of fused-ring (bicyclic) bond motifs is 1. The van der Waals surface area contributed by atoms with E-state index in [0.717, 1.165) is 23.9 Å². The molecule has 1 atom stereocenters. The van der Waals surface area contributed by atoms with E-state index < -0.39 is 42.3 Å². The van der Waals surface area contributed by atoms with Gasteiger partial charge in [0.15, 0.2) is 17.4 Å². The van der Waals surface area contributed by atoms with E-state index in [1.54, 1.807) is 51.1 Å². The van der Waals surface area contributed by atoms with Crippen LogP contribution >= 0.6 is 11.8 Å². The van der Waals surface area contributed by atoms with Crippen molar-refractivity contribution >= 4 is 34.6 Å². The topological polar surface area (TPSA) is 65.5 Å². The first-order valence-electron chi connectivity index (χ1n) is 10.2. The monoisotopic (exact) mass is 477 g/mol. The van der Waals surface area contributed by atoms with E-state index in [1.165, 1.54) is 0 Å². The van der Waals surface area contributed by atoms with Crippen molar-refractivity contribution < 1.29 is 32.2 Å². The Hall–Kier alpha value is -3.07. The number of esters is 2. The SMILES string of the molecule is CC(C)OC(=O)c1c(SCCF)nc2cc(F)c(F)cc2c1OC(=O)[C@H](C)c1ccccc1. The number of alkyl halides is 1. The summed E-state index contributed by atoms with van der Waals surface area (Å²) in [5.74, 6) is -5.06. The van der Waals surface area contributed by atoms with Gasteiger partial charge in [-0.25, -0.2) is 18.6 Å². The lowest BCUT2D eigenvalue weighted by Gasteiger charge is -2.18. The van der Waals surface area contributed by atoms with E-state index in [0.29, 0.717) is 5.56 Å². The normalized spacial score (nSPS) is 12.1. The number of nitrogens with zero attached hydrogens (tertiary/aromatic N) is 1. The lowest BCUT2D eigenvalue weighted by Crippen LogP contribution is -2.20. The zero-order valence-electron chi connectivity index (χ0n) is 18.2. The second kappa shape index (κ2) is 10.7. The third-order valence-corrected chi connectivity index (χ3v) is 5.59. The number of carbonyl (C=O) groups is 2. The van der Waals surface area contributed by atoms with Gasteiger partial charge < -0.3 is 9.47 Å². The van der Waals surface area contributed by atoms with Crippen LogP contribution in [0, 0.1) is 11.6 Å².